The first-order valence-corrected chi connectivity index (χ1v) is 9.56. The van der Waals surface area contributed by atoms with Gasteiger partial charge in [-0.25, -0.2) is 8.42 Å². The highest BCUT2D eigenvalue weighted by Crippen LogP contribution is 2.12. The van der Waals surface area contributed by atoms with E-state index in [4.69, 9.17) is 4.74 Å². The van der Waals surface area contributed by atoms with Crippen molar-refractivity contribution in [3.05, 3.63) is 29.8 Å². The van der Waals surface area contributed by atoms with Crippen LogP contribution in [0.1, 0.15) is 5.56 Å². The third-order valence-corrected chi connectivity index (χ3v) is 3.72. The molecule has 0 aliphatic heterocycles. The lowest BCUT2D eigenvalue weighted by Crippen LogP contribution is -2.26. The smallest absolute Gasteiger partial charge is 0.325 e. The lowest BCUT2D eigenvalue weighted by Gasteiger charge is -2.05. The van der Waals surface area contributed by atoms with Crippen LogP contribution in [0.4, 0.5) is 0 Å². The van der Waals surface area contributed by atoms with Crippen LogP contribution in [-0.4, -0.2) is 47.3 Å². The van der Waals surface area contributed by atoms with E-state index in [0.29, 0.717) is 17.6 Å². The predicted molar refractivity (Wildman–Crippen MR) is 79.9 cm³/mol. The monoisotopic (exact) mass is 349 g/mol. The summed E-state index contributed by atoms with van der Waals surface area (Å²) in [6, 6.07) is 6.36. The van der Waals surface area contributed by atoms with E-state index in [9.17, 15) is 21.6 Å². The first-order chi connectivity index (χ1) is 10.0. The van der Waals surface area contributed by atoms with Crippen LogP contribution in [0.3, 0.4) is 0 Å². The lowest BCUT2D eigenvalue weighted by atomic mass is 10.1. The zero-order valence-corrected chi connectivity index (χ0v) is 13.8. The van der Waals surface area contributed by atoms with Crippen LogP contribution in [0.5, 0.6) is 5.75 Å². The fourth-order valence-corrected chi connectivity index (χ4v) is 2.35. The minimum absolute atomic E-state index is 0.275. The summed E-state index contributed by atoms with van der Waals surface area (Å²) in [5.74, 6) is -0.301. The number of hydrogen-bond donors (Lipinski definition) is 0. The van der Waals surface area contributed by atoms with Crippen molar-refractivity contribution >= 4 is 30.8 Å². The Bertz CT molecular complexity index is 777. The second-order valence-corrected chi connectivity index (χ2v) is 7.88. The molecular formula is C12H15NO7S2. The highest BCUT2D eigenvalue weighted by Gasteiger charge is 2.24. The zero-order chi connectivity index (χ0) is 17.0. The van der Waals surface area contributed by atoms with Crippen molar-refractivity contribution in [2.75, 3.05) is 19.6 Å². The van der Waals surface area contributed by atoms with Gasteiger partial charge >= 0.3 is 10.1 Å². The zero-order valence-electron chi connectivity index (χ0n) is 12.1. The van der Waals surface area contributed by atoms with E-state index in [0.717, 1.165) is 6.26 Å². The molecule has 122 valence electrons. The molecule has 0 bridgehead atoms. The lowest BCUT2D eigenvalue weighted by molar-refractivity contribution is -0.112. The number of oxime groups is 1. The van der Waals surface area contributed by atoms with Crippen LogP contribution in [0.25, 0.3) is 0 Å². The minimum atomic E-state index is -4.03. The van der Waals surface area contributed by atoms with Crippen LogP contribution in [0.15, 0.2) is 29.4 Å². The van der Waals surface area contributed by atoms with Gasteiger partial charge < -0.3 is 4.74 Å². The number of sulfone groups is 1. The molecule has 0 aliphatic carbocycles. The Kier molecular flexibility index (Phi) is 5.66. The number of rotatable bonds is 6. The molecule has 1 rings (SSSR count). The molecule has 1 aromatic carbocycles. The average molecular weight is 349 g/mol. The van der Waals surface area contributed by atoms with Crippen molar-refractivity contribution in [1.82, 2.24) is 0 Å². The maximum Gasteiger partial charge on any atom is 0.325 e. The molecule has 0 heterocycles. The first kappa shape index (κ1) is 18.1. The summed E-state index contributed by atoms with van der Waals surface area (Å²) in [4.78, 5) is 12.0. The number of methoxy groups -OCH3 is 1. The Morgan fingerprint density at radius 2 is 1.64 bits per heavy atom. The molecule has 0 amide bonds. The molecule has 0 N–H and O–H groups in total. The molecule has 0 aromatic heterocycles. The molecular weight excluding hydrogens is 334 g/mol. The quantitative estimate of drug-likeness (QED) is 0.407. The van der Waals surface area contributed by atoms with Gasteiger partial charge in [0.2, 0.25) is 10.8 Å². The third kappa shape index (κ3) is 5.82. The number of nitrogens with zero attached hydrogens (tertiary/aromatic N) is 1. The summed E-state index contributed by atoms with van der Waals surface area (Å²) >= 11 is 0. The average Bonchev–Trinajstić information content (AvgIpc) is 2.36. The van der Waals surface area contributed by atoms with Gasteiger partial charge in [0.05, 0.1) is 13.4 Å². The number of hydrogen-bond acceptors (Lipinski definition) is 8. The normalized spacial score (nSPS) is 12.8. The number of carbonyl (C=O) groups excluding carboxylic acids is 1. The summed E-state index contributed by atoms with van der Waals surface area (Å²) in [6.45, 7) is 0. The van der Waals surface area contributed by atoms with E-state index < -0.39 is 30.8 Å². The van der Waals surface area contributed by atoms with Crippen molar-refractivity contribution in [2.45, 2.75) is 6.42 Å². The van der Waals surface area contributed by atoms with Gasteiger partial charge in [-0.2, -0.15) is 8.42 Å². The Morgan fingerprint density at radius 3 is 2.05 bits per heavy atom. The molecule has 0 spiro atoms. The van der Waals surface area contributed by atoms with E-state index in [2.05, 4.69) is 9.44 Å². The van der Waals surface area contributed by atoms with Gasteiger partial charge in [-0.3, -0.25) is 9.08 Å². The van der Waals surface area contributed by atoms with E-state index in [1.54, 1.807) is 24.3 Å². The van der Waals surface area contributed by atoms with Crippen LogP contribution in [0.2, 0.25) is 0 Å². The topological polar surface area (TPSA) is 116 Å². The molecule has 8 nitrogen and oxygen atoms in total. The van der Waals surface area contributed by atoms with Crippen LogP contribution in [-0.2, 0) is 35.5 Å². The van der Waals surface area contributed by atoms with E-state index in [1.165, 1.54) is 7.11 Å². The van der Waals surface area contributed by atoms with Gasteiger partial charge in [0.15, 0.2) is 9.84 Å². The first-order valence-electron chi connectivity index (χ1n) is 5.86. The van der Waals surface area contributed by atoms with Crippen molar-refractivity contribution in [1.29, 1.82) is 0 Å². The summed E-state index contributed by atoms with van der Waals surface area (Å²) in [7, 11) is -6.57. The molecule has 0 atom stereocenters. The predicted octanol–water partition coefficient (Wildman–Crippen LogP) is 0.141. The molecule has 0 radical (unpaired) electrons. The molecule has 0 saturated heterocycles. The Morgan fingerprint density at radius 1 is 1.09 bits per heavy atom. The highest BCUT2D eigenvalue weighted by molar-refractivity contribution is 8.07. The van der Waals surface area contributed by atoms with Gasteiger partial charge in [0, 0.05) is 12.7 Å². The second kappa shape index (κ2) is 6.88. The number of ether oxygens (including phenoxy) is 1. The Labute approximate surface area is 128 Å². The second-order valence-electron chi connectivity index (χ2n) is 4.40. The maximum absolute atomic E-state index is 12.0. The largest absolute Gasteiger partial charge is 0.497 e. The maximum atomic E-state index is 12.0. The summed E-state index contributed by atoms with van der Waals surface area (Å²) < 4.78 is 53.8. The summed E-state index contributed by atoms with van der Waals surface area (Å²) in [5, 5.41) is 2.01. The molecule has 0 unspecified atom stereocenters. The minimum Gasteiger partial charge on any atom is -0.497 e. The van der Waals surface area contributed by atoms with Crippen molar-refractivity contribution in [2.24, 2.45) is 5.16 Å². The summed E-state index contributed by atoms with van der Waals surface area (Å²) in [6.07, 6.45) is 1.15. The van der Waals surface area contributed by atoms with Gasteiger partial charge in [-0.15, -0.1) is 0 Å². The number of carbonyl (C=O) groups is 1. The standard InChI is InChI=1S/C12H15NO7S2/c1-19-10-6-4-9(5-7-10)8-11(14)12(21(2,15)16)13-20-22(3,17)18/h4-7H,8H2,1-3H3. The molecule has 0 saturated carbocycles. The van der Waals surface area contributed by atoms with Crippen LogP contribution in [0, 0.1) is 0 Å². The van der Waals surface area contributed by atoms with Gasteiger partial charge in [0.25, 0.3) is 0 Å². The van der Waals surface area contributed by atoms with Gasteiger partial charge in [-0.1, -0.05) is 12.1 Å². The molecule has 10 heteroatoms. The fourth-order valence-electron chi connectivity index (χ4n) is 1.43. The Balaban J connectivity index is 3.02. The third-order valence-electron chi connectivity index (χ3n) is 2.37. The number of ketones is 1. The van der Waals surface area contributed by atoms with Crippen molar-refractivity contribution in [3.63, 3.8) is 0 Å². The van der Waals surface area contributed by atoms with Crippen molar-refractivity contribution < 1.29 is 30.7 Å². The number of benzene rings is 1. The fraction of sp³-hybridized carbons (Fsp3) is 0.333. The van der Waals surface area contributed by atoms with Gasteiger partial charge in [-0.05, 0) is 22.9 Å². The molecule has 1 aromatic rings. The SMILES string of the molecule is COc1ccc(CC(=O)C(=NOS(C)(=O)=O)S(C)(=O)=O)cc1. The molecule has 22 heavy (non-hydrogen) atoms. The Hall–Kier alpha value is -1.94. The van der Waals surface area contributed by atoms with Crippen LogP contribution < -0.4 is 4.74 Å². The van der Waals surface area contributed by atoms with E-state index >= 15 is 0 Å². The van der Waals surface area contributed by atoms with Gasteiger partial charge in [0.1, 0.15) is 5.75 Å². The van der Waals surface area contributed by atoms with E-state index in [1.807, 2.05) is 0 Å². The summed E-state index contributed by atoms with van der Waals surface area (Å²) in [5.41, 5.74) is 0.515. The molecule has 0 fully saturated rings. The molecule has 0 aliphatic rings. The van der Waals surface area contributed by atoms with Crippen LogP contribution >= 0.6 is 0 Å². The van der Waals surface area contributed by atoms with E-state index in [-0.39, 0.29) is 6.42 Å². The number of Topliss-reactive ketones (excluding diaryl/α,β-unsaturated/α-hetero) is 1. The van der Waals surface area contributed by atoms with Crippen molar-refractivity contribution in [3.8, 4) is 5.75 Å². The highest BCUT2D eigenvalue weighted by atomic mass is 32.2.